The fourth-order valence-corrected chi connectivity index (χ4v) is 7.24. The van der Waals surface area contributed by atoms with E-state index in [0.29, 0.717) is 19.0 Å². The van der Waals surface area contributed by atoms with Crippen molar-refractivity contribution in [2.45, 2.75) is 63.8 Å². The molecule has 2 aromatic rings. The normalized spacial score (nSPS) is 36.3. The second-order valence-corrected chi connectivity index (χ2v) is 11.2. The Morgan fingerprint density at radius 1 is 1.15 bits per heavy atom. The Balaban J connectivity index is 1.22. The quantitative estimate of drug-likeness (QED) is 0.432. The lowest BCUT2D eigenvalue weighted by Gasteiger charge is -2.51. The number of methoxy groups -OCH3 is 1. The molecule has 0 unspecified atom stereocenters. The summed E-state index contributed by atoms with van der Waals surface area (Å²) in [6.07, 6.45) is 7.38. The van der Waals surface area contributed by atoms with E-state index in [4.69, 9.17) is 18.6 Å². The Hall–Kier alpha value is -2.31. The van der Waals surface area contributed by atoms with Crippen molar-refractivity contribution in [3.8, 4) is 5.75 Å². The lowest BCUT2D eigenvalue weighted by molar-refractivity contribution is -0.147. The van der Waals surface area contributed by atoms with Crippen LogP contribution in [0.25, 0.3) is 0 Å². The van der Waals surface area contributed by atoms with Gasteiger partial charge in [0.25, 0.3) is 0 Å². The topological polar surface area (TPSA) is 64.4 Å². The molecular weight excluding hydrogens is 430 g/mol. The van der Waals surface area contributed by atoms with Crippen LogP contribution in [0.1, 0.15) is 50.4 Å². The fraction of sp³-hybridized carbons (Fsp3) is 0.607. The van der Waals surface area contributed by atoms with E-state index in [-0.39, 0.29) is 34.9 Å². The molecule has 1 spiro atoms. The van der Waals surface area contributed by atoms with Gasteiger partial charge in [-0.1, -0.05) is 19.1 Å². The highest BCUT2D eigenvalue weighted by Gasteiger charge is 2.65. The molecule has 4 aliphatic rings. The first-order chi connectivity index (χ1) is 16.5. The summed E-state index contributed by atoms with van der Waals surface area (Å²) in [5, 5.41) is 0. The summed E-state index contributed by atoms with van der Waals surface area (Å²) in [7, 11) is 1.68. The fourth-order valence-electron chi connectivity index (χ4n) is 7.24. The standard InChI is InChI=1S/C28H35NO5/c1-27-10-4-11-28(18-33-28)25(27)13-22-23(26(30)34-24(22)14-27)17-29(16-21-5-3-12-32-21)15-19-6-8-20(31-2)9-7-19/h3,5-9,12,22-25H,4,10-11,13-18H2,1-2H3/t22-,23+,24-,25-,27-,28+/m1/s1. The molecule has 6 nitrogen and oxygen atoms in total. The van der Waals surface area contributed by atoms with Crippen molar-refractivity contribution in [1.29, 1.82) is 0 Å². The van der Waals surface area contributed by atoms with Gasteiger partial charge in [-0.2, -0.15) is 0 Å². The van der Waals surface area contributed by atoms with E-state index in [1.807, 2.05) is 24.3 Å². The average molecular weight is 466 g/mol. The molecule has 0 amide bonds. The predicted molar refractivity (Wildman–Crippen MR) is 126 cm³/mol. The van der Waals surface area contributed by atoms with Crippen molar-refractivity contribution < 1.29 is 23.4 Å². The zero-order valence-corrected chi connectivity index (χ0v) is 20.2. The number of ether oxygens (including phenoxy) is 3. The number of carbonyl (C=O) groups excluding carboxylic acids is 1. The van der Waals surface area contributed by atoms with Gasteiger partial charge in [0.2, 0.25) is 0 Å². The number of furan rings is 1. The second kappa shape index (κ2) is 8.42. The molecular formula is C28H35NO5. The van der Waals surface area contributed by atoms with Gasteiger partial charge in [-0.25, -0.2) is 0 Å². The Labute approximate surface area is 201 Å². The molecule has 2 aliphatic carbocycles. The van der Waals surface area contributed by atoms with E-state index < -0.39 is 0 Å². The minimum Gasteiger partial charge on any atom is -0.497 e. The molecule has 3 heterocycles. The number of fused-ring (bicyclic) bond motifs is 3. The maximum Gasteiger partial charge on any atom is 0.310 e. The first kappa shape index (κ1) is 22.2. The van der Waals surface area contributed by atoms with Crippen LogP contribution in [0.2, 0.25) is 0 Å². The molecule has 0 radical (unpaired) electrons. The van der Waals surface area contributed by atoms with Crippen LogP contribution in [0, 0.1) is 23.2 Å². The monoisotopic (exact) mass is 465 g/mol. The Morgan fingerprint density at radius 2 is 1.97 bits per heavy atom. The van der Waals surface area contributed by atoms with E-state index in [1.54, 1.807) is 13.4 Å². The van der Waals surface area contributed by atoms with Crippen LogP contribution < -0.4 is 4.74 Å². The van der Waals surface area contributed by atoms with Gasteiger partial charge in [-0.3, -0.25) is 9.69 Å². The van der Waals surface area contributed by atoms with Crippen LogP contribution in [0.15, 0.2) is 47.1 Å². The zero-order valence-electron chi connectivity index (χ0n) is 20.2. The summed E-state index contributed by atoms with van der Waals surface area (Å²) in [5.41, 5.74) is 1.48. The molecule has 6 atom stereocenters. The molecule has 6 rings (SSSR count). The molecule has 4 fully saturated rings. The molecule has 0 bridgehead atoms. The SMILES string of the molecule is COc1ccc(CN(Cc2ccco2)C[C@@H]2C(=O)O[C@@H]3C[C@@]4(C)CCC[C@]5(CO5)[C@@H]4C[C@H]23)cc1. The van der Waals surface area contributed by atoms with E-state index >= 15 is 0 Å². The van der Waals surface area contributed by atoms with Crippen LogP contribution in [0.5, 0.6) is 5.75 Å². The Bertz CT molecular complexity index is 1010. The van der Waals surface area contributed by atoms with Crippen molar-refractivity contribution >= 4 is 5.97 Å². The van der Waals surface area contributed by atoms with Gasteiger partial charge in [0.1, 0.15) is 17.6 Å². The van der Waals surface area contributed by atoms with Crippen LogP contribution in [0.3, 0.4) is 0 Å². The first-order valence-electron chi connectivity index (χ1n) is 12.7. The maximum absolute atomic E-state index is 13.2. The summed E-state index contributed by atoms with van der Waals surface area (Å²) in [5.74, 6) is 2.41. The Morgan fingerprint density at radius 3 is 2.68 bits per heavy atom. The van der Waals surface area contributed by atoms with Crippen molar-refractivity contribution in [3.05, 3.63) is 54.0 Å². The van der Waals surface area contributed by atoms with E-state index in [1.165, 1.54) is 24.8 Å². The lowest BCUT2D eigenvalue weighted by atomic mass is 9.53. The molecule has 34 heavy (non-hydrogen) atoms. The highest BCUT2D eigenvalue weighted by molar-refractivity contribution is 5.75. The van der Waals surface area contributed by atoms with Crippen LogP contribution in [-0.4, -0.2) is 42.8 Å². The third-order valence-electron chi connectivity index (χ3n) is 9.06. The Kier molecular flexibility index (Phi) is 5.49. The molecule has 1 aromatic heterocycles. The van der Waals surface area contributed by atoms with Gasteiger partial charge in [0.15, 0.2) is 0 Å². The van der Waals surface area contributed by atoms with Gasteiger partial charge >= 0.3 is 5.97 Å². The number of nitrogens with zero attached hydrogens (tertiary/aromatic N) is 1. The average Bonchev–Trinajstić information content (AvgIpc) is 3.27. The highest BCUT2D eigenvalue weighted by Crippen LogP contribution is 2.62. The first-order valence-corrected chi connectivity index (χ1v) is 12.7. The minimum atomic E-state index is -0.111. The largest absolute Gasteiger partial charge is 0.497 e. The van der Waals surface area contributed by atoms with Crippen molar-refractivity contribution in [1.82, 2.24) is 4.90 Å². The maximum atomic E-state index is 13.2. The van der Waals surface area contributed by atoms with Gasteiger partial charge in [-0.05, 0) is 73.3 Å². The van der Waals surface area contributed by atoms with Crippen molar-refractivity contribution in [2.75, 3.05) is 20.3 Å². The highest BCUT2D eigenvalue weighted by atomic mass is 16.6. The summed E-state index contributed by atoms with van der Waals surface area (Å²) in [6.45, 7) is 5.37. The molecule has 2 saturated carbocycles. The van der Waals surface area contributed by atoms with E-state index in [0.717, 1.165) is 37.5 Å². The van der Waals surface area contributed by atoms with Gasteiger partial charge in [0.05, 0.1) is 38.0 Å². The molecule has 2 aliphatic heterocycles. The number of esters is 1. The minimum absolute atomic E-state index is 0.0258. The predicted octanol–water partition coefficient (Wildman–Crippen LogP) is 4.82. The number of hydrogen-bond donors (Lipinski definition) is 0. The van der Waals surface area contributed by atoms with Crippen molar-refractivity contribution in [2.24, 2.45) is 23.2 Å². The van der Waals surface area contributed by atoms with Gasteiger partial charge in [-0.15, -0.1) is 0 Å². The smallest absolute Gasteiger partial charge is 0.310 e. The number of carbonyl (C=O) groups is 1. The van der Waals surface area contributed by atoms with Crippen LogP contribution >= 0.6 is 0 Å². The number of benzene rings is 1. The summed E-state index contributed by atoms with van der Waals surface area (Å²) in [4.78, 5) is 15.5. The molecule has 1 aromatic carbocycles. The number of rotatable bonds is 7. The zero-order chi connectivity index (χ0) is 23.3. The molecule has 2 saturated heterocycles. The number of epoxide rings is 1. The summed E-state index contributed by atoms with van der Waals surface area (Å²) < 4.78 is 23.1. The van der Waals surface area contributed by atoms with Crippen LogP contribution in [-0.2, 0) is 27.4 Å². The second-order valence-electron chi connectivity index (χ2n) is 11.2. The molecule has 182 valence electrons. The van der Waals surface area contributed by atoms with Gasteiger partial charge in [0, 0.05) is 19.0 Å². The van der Waals surface area contributed by atoms with Crippen LogP contribution in [0.4, 0.5) is 0 Å². The summed E-state index contributed by atoms with van der Waals surface area (Å²) >= 11 is 0. The third kappa shape index (κ3) is 3.95. The lowest BCUT2D eigenvalue weighted by Crippen LogP contribution is -2.51. The van der Waals surface area contributed by atoms with Gasteiger partial charge < -0.3 is 18.6 Å². The van der Waals surface area contributed by atoms with E-state index in [9.17, 15) is 4.79 Å². The number of hydrogen-bond acceptors (Lipinski definition) is 6. The van der Waals surface area contributed by atoms with E-state index in [2.05, 4.69) is 24.0 Å². The van der Waals surface area contributed by atoms with Crippen molar-refractivity contribution in [3.63, 3.8) is 0 Å². The molecule has 6 heteroatoms. The third-order valence-corrected chi connectivity index (χ3v) is 9.06. The summed E-state index contributed by atoms with van der Waals surface area (Å²) in [6, 6.07) is 12.1. The molecule has 0 N–H and O–H groups in total.